The van der Waals surface area contributed by atoms with Gasteiger partial charge in [0.05, 0.1) is 0 Å². The van der Waals surface area contributed by atoms with Gasteiger partial charge in [-0.05, 0) is 12.5 Å². The van der Waals surface area contributed by atoms with Crippen LogP contribution in [0.2, 0.25) is 0 Å². The lowest BCUT2D eigenvalue weighted by atomic mass is 10.0. The number of fused-ring (bicyclic) bond motifs is 1. The van der Waals surface area contributed by atoms with Gasteiger partial charge in [-0.15, -0.1) is 11.8 Å². The lowest BCUT2D eigenvalue weighted by Gasteiger charge is -2.49. The number of benzene rings is 1. The summed E-state index contributed by atoms with van der Waals surface area (Å²) in [6.45, 7) is 2.43. The second kappa shape index (κ2) is 9.85. The van der Waals surface area contributed by atoms with E-state index in [1.54, 1.807) is 30.3 Å². The largest absolute Gasteiger partial charge is 0.477 e. The molecule has 1 aromatic heterocycles. The number of aryl methyl sites for hydroxylation is 1. The molecule has 1 unspecified atom stereocenters. The number of aliphatic carboxylic acids is 1. The molecular weight excluding hydrogens is 492 g/mol. The van der Waals surface area contributed by atoms with Crippen molar-refractivity contribution < 1.29 is 29.0 Å². The van der Waals surface area contributed by atoms with Gasteiger partial charge >= 0.3 is 17.6 Å². The fourth-order valence-electron chi connectivity index (χ4n) is 4.07. The van der Waals surface area contributed by atoms with Gasteiger partial charge in [0.1, 0.15) is 29.8 Å². The fraction of sp³-hybridized carbons (Fsp3) is 0.304. The molecule has 0 aliphatic carbocycles. The lowest BCUT2D eigenvalue weighted by molar-refractivity contribution is -0.151. The van der Waals surface area contributed by atoms with E-state index in [9.17, 15) is 33.9 Å². The van der Waals surface area contributed by atoms with E-state index in [0.717, 1.165) is 9.47 Å². The van der Waals surface area contributed by atoms with Crippen molar-refractivity contribution in [1.29, 1.82) is 0 Å². The van der Waals surface area contributed by atoms with E-state index in [1.807, 2.05) is 0 Å². The van der Waals surface area contributed by atoms with Crippen LogP contribution in [0.5, 0.6) is 0 Å². The van der Waals surface area contributed by atoms with Crippen LogP contribution in [0.15, 0.2) is 57.4 Å². The van der Waals surface area contributed by atoms with E-state index >= 15 is 0 Å². The van der Waals surface area contributed by atoms with Crippen molar-refractivity contribution in [3.8, 4) is 0 Å². The minimum Gasteiger partial charge on any atom is -0.477 e. The van der Waals surface area contributed by atoms with Crippen molar-refractivity contribution in [2.45, 2.75) is 31.3 Å². The third-order valence-corrected chi connectivity index (χ3v) is 7.12. The molecule has 188 valence electrons. The number of carbonyl (C=O) groups is 4. The van der Waals surface area contributed by atoms with Crippen molar-refractivity contribution in [3.05, 3.63) is 79.8 Å². The van der Waals surface area contributed by atoms with Crippen LogP contribution < -0.4 is 16.6 Å². The van der Waals surface area contributed by atoms with Crippen LogP contribution in [-0.4, -0.2) is 67.1 Å². The Balaban J connectivity index is 1.62. The molecule has 0 spiro atoms. The highest BCUT2D eigenvalue weighted by atomic mass is 32.2. The van der Waals surface area contributed by atoms with Crippen LogP contribution in [0.4, 0.5) is 0 Å². The van der Waals surface area contributed by atoms with Gasteiger partial charge in [0.25, 0.3) is 11.5 Å². The highest BCUT2D eigenvalue weighted by Crippen LogP contribution is 2.40. The van der Waals surface area contributed by atoms with Gasteiger partial charge in [-0.25, -0.2) is 9.59 Å². The highest BCUT2D eigenvalue weighted by Gasteiger charge is 2.54. The van der Waals surface area contributed by atoms with E-state index < -0.39 is 52.5 Å². The molecule has 4 rings (SSSR count). The van der Waals surface area contributed by atoms with Crippen molar-refractivity contribution in [2.24, 2.45) is 0 Å². The van der Waals surface area contributed by atoms with E-state index in [2.05, 4.69) is 10.3 Å². The number of nitrogens with one attached hydrogen (secondary N) is 2. The molecule has 3 heterocycles. The molecule has 1 aromatic carbocycles. The van der Waals surface area contributed by atoms with Crippen LogP contribution >= 0.6 is 11.8 Å². The van der Waals surface area contributed by atoms with Gasteiger partial charge in [0, 0.05) is 30.0 Å². The highest BCUT2D eigenvalue weighted by molar-refractivity contribution is 8.00. The molecule has 2 aliphatic rings. The Morgan fingerprint density at radius 3 is 2.56 bits per heavy atom. The standard InChI is InChI=1S/C23H22N4O8S/c1-11-8-26(23(34)25-18(11)29)16(13-6-4-3-5-7-13)19(30)24-15-20(31)27-17(22(32)33)14(9-35-12(2)28)10-36-21(15)27/h3-8,15-16,21H,9-10H2,1-2H3,(H,24,30)(H,32,33)(H,25,29,34)/t15-,16?,21-/m1/s1. The maximum absolute atomic E-state index is 13.4. The quantitative estimate of drug-likeness (QED) is 0.333. The number of hydrogen-bond donors (Lipinski definition) is 3. The third kappa shape index (κ3) is 4.56. The number of carbonyl (C=O) groups excluding carboxylic acids is 3. The first-order valence-corrected chi connectivity index (χ1v) is 11.9. The second-order valence-electron chi connectivity index (χ2n) is 8.23. The predicted molar refractivity (Wildman–Crippen MR) is 127 cm³/mol. The molecule has 2 amide bonds. The normalized spacial score (nSPS) is 19.7. The smallest absolute Gasteiger partial charge is 0.352 e. The number of carboxylic acid groups (broad SMARTS) is 1. The number of rotatable bonds is 7. The summed E-state index contributed by atoms with van der Waals surface area (Å²) < 4.78 is 6.00. The Labute approximate surface area is 207 Å². The number of carboxylic acids is 1. The molecule has 0 bridgehead atoms. The number of aromatic nitrogens is 2. The van der Waals surface area contributed by atoms with Crippen molar-refractivity contribution in [1.82, 2.24) is 19.8 Å². The Morgan fingerprint density at radius 1 is 1.22 bits per heavy atom. The first-order chi connectivity index (χ1) is 17.1. The van der Waals surface area contributed by atoms with Gasteiger partial charge in [0.15, 0.2) is 0 Å². The lowest BCUT2D eigenvalue weighted by Crippen LogP contribution is -2.71. The molecule has 13 heteroatoms. The summed E-state index contributed by atoms with van der Waals surface area (Å²) in [7, 11) is 0. The van der Waals surface area contributed by atoms with E-state index in [1.165, 1.54) is 31.8 Å². The number of β-lactam (4-membered cyclic amide) rings is 1. The molecule has 1 saturated heterocycles. The van der Waals surface area contributed by atoms with Crippen LogP contribution in [0.1, 0.15) is 24.1 Å². The number of aromatic amines is 1. The summed E-state index contributed by atoms with van der Waals surface area (Å²) in [5.74, 6) is -3.08. The Hall–Kier alpha value is -4.13. The summed E-state index contributed by atoms with van der Waals surface area (Å²) in [6.07, 6.45) is 1.27. The van der Waals surface area contributed by atoms with Gasteiger partial charge in [-0.2, -0.15) is 0 Å². The molecule has 1 fully saturated rings. The summed E-state index contributed by atoms with van der Waals surface area (Å²) in [6, 6.07) is 6.12. The van der Waals surface area contributed by atoms with E-state index in [0.29, 0.717) is 5.56 Å². The number of hydrogen-bond acceptors (Lipinski definition) is 8. The van der Waals surface area contributed by atoms with Crippen LogP contribution in [0.25, 0.3) is 0 Å². The summed E-state index contributed by atoms with van der Waals surface area (Å²) in [5, 5.41) is 11.6. The van der Waals surface area contributed by atoms with Crippen LogP contribution in [0.3, 0.4) is 0 Å². The van der Waals surface area contributed by atoms with Crippen molar-refractivity contribution in [2.75, 3.05) is 12.4 Å². The molecule has 0 saturated carbocycles. The number of thioether (sulfide) groups is 1. The number of H-pyrrole nitrogens is 1. The number of amides is 2. The van der Waals surface area contributed by atoms with Crippen LogP contribution in [0, 0.1) is 6.92 Å². The summed E-state index contributed by atoms with van der Waals surface area (Å²) >= 11 is 1.22. The minimum absolute atomic E-state index is 0.177. The average Bonchev–Trinajstić information content (AvgIpc) is 2.84. The summed E-state index contributed by atoms with van der Waals surface area (Å²) in [4.78, 5) is 77.1. The SMILES string of the molecule is CC(=O)OCC1=C(C(=O)O)N2C(=O)[C@@H](NC(=O)C(c3ccccc3)n3cc(C)c(=O)[nH]c3=O)[C@H]2SC1. The first-order valence-electron chi connectivity index (χ1n) is 10.8. The number of ether oxygens (including phenoxy) is 1. The average molecular weight is 515 g/mol. The number of nitrogens with zero attached hydrogens (tertiary/aromatic N) is 2. The Kier molecular flexibility index (Phi) is 6.84. The Morgan fingerprint density at radius 2 is 1.92 bits per heavy atom. The molecule has 3 N–H and O–H groups in total. The molecule has 12 nitrogen and oxygen atoms in total. The maximum atomic E-state index is 13.4. The van der Waals surface area contributed by atoms with Gasteiger partial charge in [-0.1, -0.05) is 30.3 Å². The van der Waals surface area contributed by atoms with Crippen molar-refractivity contribution in [3.63, 3.8) is 0 Å². The van der Waals surface area contributed by atoms with E-state index in [4.69, 9.17) is 4.74 Å². The number of esters is 1. The molecule has 2 aromatic rings. The topological polar surface area (TPSA) is 168 Å². The van der Waals surface area contributed by atoms with Gasteiger partial charge in [0.2, 0.25) is 5.91 Å². The zero-order valence-corrected chi connectivity index (χ0v) is 20.0. The zero-order chi connectivity index (χ0) is 26.1. The zero-order valence-electron chi connectivity index (χ0n) is 19.2. The maximum Gasteiger partial charge on any atom is 0.352 e. The molecular formula is C23H22N4O8S. The predicted octanol–water partition coefficient (Wildman–Crippen LogP) is -0.264. The Bertz CT molecular complexity index is 1400. The van der Waals surface area contributed by atoms with Crippen molar-refractivity contribution >= 4 is 35.5 Å². The summed E-state index contributed by atoms with van der Waals surface area (Å²) in [5.41, 5.74) is -0.720. The van der Waals surface area contributed by atoms with Gasteiger partial charge < -0.3 is 15.2 Å². The monoisotopic (exact) mass is 514 g/mol. The minimum atomic E-state index is -1.35. The molecule has 36 heavy (non-hydrogen) atoms. The second-order valence-corrected chi connectivity index (χ2v) is 9.33. The molecule has 2 aliphatic heterocycles. The molecule has 0 radical (unpaired) electrons. The molecule has 3 atom stereocenters. The first kappa shape index (κ1) is 25.0. The van der Waals surface area contributed by atoms with Gasteiger partial charge in [-0.3, -0.25) is 33.6 Å². The van der Waals surface area contributed by atoms with Crippen LogP contribution in [-0.2, 0) is 23.9 Å². The third-order valence-electron chi connectivity index (χ3n) is 5.78. The fourth-order valence-corrected chi connectivity index (χ4v) is 5.39. The van der Waals surface area contributed by atoms with E-state index in [-0.39, 0.29) is 29.2 Å².